The van der Waals surface area contributed by atoms with Crippen LogP contribution in [0.4, 0.5) is 5.69 Å². The average Bonchev–Trinajstić information content (AvgIpc) is 3.06. The summed E-state index contributed by atoms with van der Waals surface area (Å²) in [6.45, 7) is 3.58. The maximum Gasteiger partial charge on any atom is 0.291 e. The lowest BCUT2D eigenvalue weighted by Crippen LogP contribution is -2.38. The van der Waals surface area contributed by atoms with Crippen LogP contribution in [0.25, 0.3) is 11.0 Å². The molecule has 1 N–H and O–H groups in total. The van der Waals surface area contributed by atoms with E-state index in [1.807, 2.05) is 18.2 Å². The fraction of sp³-hybridized carbons (Fsp3) is 0.273. The Hall–Kier alpha value is -2.79. The highest BCUT2D eigenvalue weighted by atomic mass is 35.5. The summed E-state index contributed by atoms with van der Waals surface area (Å²) in [5.74, 6) is 0.257. The molecule has 0 spiro atoms. The van der Waals surface area contributed by atoms with Gasteiger partial charge in [-0.3, -0.25) is 9.59 Å². The van der Waals surface area contributed by atoms with Crippen LogP contribution in [0.15, 0.2) is 52.9 Å². The number of furan rings is 1. The van der Waals surface area contributed by atoms with Crippen molar-refractivity contribution in [2.45, 2.75) is 19.8 Å². The zero-order valence-corrected chi connectivity index (χ0v) is 16.3. The van der Waals surface area contributed by atoms with Crippen LogP contribution in [0.2, 0.25) is 5.02 Å². The second kappa shape index (κ2) is 7.68. The molecule has 0 saturated carbocycles. The van der Waals surface area contributed by atoms with E-state index in [1.165, 1.54) is 0 Å². The number of amides is 2. The van der Waals surface area contributed by atoms with E-state index in [-0.39, 0.29) is 17.6 Å². The third-order valence-corrected chi connectivity index (χ3v) is 5.42. The van der Waals surface area contributed by atoms with Crippen molar-refractivity contribution in [1.82, 2.24) is 4.90 Å². The first-order valence-electron chi connectivity index (χ1n) is 9.40. The lowest BCUT2D eigenvalue weighted by molar-refractivity contribution is 0.0669. The Morgan fingerprint density at radius 3 is 2.61 bits per heavy atom. The Labute approximate surface area is 168 Å². The van der Waals surface area contributed by atoms with Gasteiger partial charge in [-0.05, 0) is 49.1 Å². The smallest absolute Gasteiger partial charge is 0.291 e. The van der Waals surface area contributed by atoms with E-state index >= 15 is 0 Å². The first kappa shape index (κ1) is 18.6. The molecular weight excluding hydrogens is 376 g/mol. The predicted molar refractivity (Wildman–Crippen MR) is 110 cm³/mol. The number of benzene rings is 2. The maximum atomic E-state index is 13.1. The van der Waals surface area contributed by atoms with Gasteiger partial charge >= 0.3 is 0 Å². The largest absolute Gasteiger partial charge is 0.449 e. The van der Waals surface area contributed by atoms with Crippen LogP contribution in [0, 0.1) is 5.92 Å². The molecule has 144 valence electrons. The fourth-order valence-electron chi connectivity index (χ4n) is 3.49. The standard InChI is InChI=1S/C22H21ClN2O3/c1-14-9-11-25(12-10-14)22(27)20-19(17-7-2-3-8-18(17)28-20)24-21(26)15-5-4-6-16(23)13-15/h2-8,13-14H,9-12H2,1H3,(H,24,26). The number of para-hydroxylation sites is 1. The van der Waals surface area contributed by atoms with Crippen LogP contribution in [0.1, 0.15) is 40.7 Å². The number of nitrogens with zero attached hydrogens (tertiary/aromatic N) is 1. The summed E-state index contributed by atoms with van der Waals surface area (Å²) in [4.78, 5) is 27.7. The lowest BCUT2D eigenvalue weighted by atomic mass is 9.99. The molecule has 0 unspecified atom stereocenters. The molecule has 1 aromatic heterocycles. The molecule has 0 aliphatic carbocycles. The molecule has 5 nitrogen and oxygen atoms in total. The topological polar surface area (TPSA) is 62.6 Å². The number of carbonyl (C=O) groups is 2. The molecule has 2 amide bonds. The van der Waals surface area contributed by atoms with Crippen LogP contribution in [-0.2, 0) is 0 Å². The number of hydrogen-bond acceptors (Lipinski definition) is 3. The summed E-state index contributed by atoms with van der Waals surface area (Å²) in [6.07, 6.45) is 1.94. The van der Waals surface area contributed by atoms with Crippen LogP contribution < -0.4 is 5.32 Å². The molecule has 4 rings (SSSR count). The van der Waals surface area contributed by atoms with Crippen molar-refractivity contribution in [2.75, 3.05) is 18.4 Å². The number of anilines is 1. The second-order valence-electron chi connectivity index (χ2n) is 7.24. The van der Waals surface area contributed by atoms with Crippen LogP contribution in [0.3, 0.4) is 0 Å². The highest BCUT2D eigenvalue weighted by Gasteiger charge is 2.28. The Morgan fingerprint density at radius 1 is 1.11 bits per heavy atom. The summed E-state index contributed by atoms with van der Waals surface area (Å²) in [5.41, 5.74) is 1.39. The van der Waals surface area contributed by atoms with Crippen molar-refractivity contribution < 1.29 is 14.0 Å². The minimum absolute atomic E-state index is 0.172. The maximum absolute atomic E-state index is 13.1. The Kier molecular flexibility index (Phi) is 5.09. The summed E-state index contributed by atoms with van der Waals surface area (Å²) < 4.78 is 5.87. The van der Waals surface area contributed by atoms with E-state index in [1.54, 1.807) is 35.2 Å². The number of likely N-dealkylation sites (tertiary alicyclic amines) is 1. The minimum atomic E-state index is -0.338. The Balaban J connectivity index is 1.69. The molecule has 0 radical (unpaired) electrons. The van der Waals surface area contributed by atoms with Gasteiger partial charge in [0.05, 0.1) is 0 Å². The molecule has 0 bridgehead atoms. The molecular formula is C22H21ClN2O3. The molecule has 0 atom stereocenters. The van der Waals surface area contributed by atoms with Gasteiger partial charge in [-0.15, -0.1) is 0 Å². The predicted octanol–water partition coefficient (Wildman–Crippen LogP) is 5.21. The Morgan fingerprint density at radius 2 is 1.86 bits per heavy atom. The van der Waals surface area contributed by atoms with E-state index in [2.05, 4.69) is 12.2 Å². The van der Waals surface area contributed by atoms with E-state index in [0.717, 1.165) is 12.8 Å². The first-order chi connectivity index (χ1) is 13.5. The van der Waals surface area contributed by atoms with E-state index in [0.29, 0.717) is 46.3 Å². The van der Waals surface area contributed by atoms with Crippen molar-refractivity contribution in [3.63, 3.8) is 0 Å². The Bertz CT molecular complexity index is 1040. The summed E-state index contributed by atoms with van der Waals surface area (Å²) in [7, 11) is 0. The normalized spacial score (nSPS) is 15.0. The molecule has 2 heterocycles. The number of carbonyl (C=O) groups excluding carboxylic acids is 2. The number of fused-ring (bicyclic) bond motifs is 1. The van der Waals surface area contributed by atoms with Gasteiger partial charge in [-0.25, -0.2) is 0 Å². The minimum Gasteiger partial charge on any atom is -0.449 e. The molecule has 1 aliphatic rings. The van der Waals surface area contributed by atoms with Crippen molar-refractivity contribution in [2.24, 2.45) is 5.92 Å². The van der Waals surface area contributed by atoms with Crippen LogP contribution in [-0.4, -0.2) is 29.8 Å². The van der Waals surface area contributed by atoms with Gasteiger partial charge in [0.1, 0.15) is 11.3 Å². The lowest BCUT2D eigenvalue weighted by Gasteiger charge is -2.29. The molecule has 28 heavy (non-hydrogen) atoms. The summed E-state index contributed by atoms with van der Waals surface area (Å²) in [5, 5.41) is 4.04. The third-order valence-electron chi connectivity index (χ3n) is 5.19. The number of piperidine rings is 1. The van der Waals surface area contributed by atoms with Gasteiger partial charge in [0.25, 0.3) is 11.8 Å². The van der Waals surface area contributed by atoms with Gasteiger partial charge in [-0.1, -0.05) is 36.7 Å². The number of nitrogens with one attached hydrogen (secondary N) is 1. The average molecular weight is 397 g/mol. The number of hydrogen-bond donors (Lipinski definition) is 1. The molecule has 1 aliphatic heterocycles. The molecule has 1 fully saturated rings. The van der Waals surface area contributed by atoms with Crippen molar-refractivity contribution >= 4 is 40.1 Å². The molecule has 3 aromatic rings. The van der Waals surface area contributed by atoms with Crippen LogP contribution in [0.5, 0.6) is 0 Å². The highest BCUT2D eigenvalue weighted by Crippen LogP contribution is 2.33. The third kappa shape index (κ3) is 3.62. The highest BCUT2D eigenvalue weighted by molar-refractivity contribution is 6.31. The van der Waals surface area contributed by atoms with Gasteiger partial charge in [0.2, 0.25) is 5.76 Å². The SMILES string of the molecule is CC1CCN(C(=O)c2oc3ccccc3c2NC(=O)c2cccc(Cl)c2)CC1. The molecule has 1 saturated heterocycles. The molecule has 6 heteroatoms. The fourth-order valence-corrected chi connectivity index (χ4v) is 3.68. The van der Waals surface area contributed by atoms with Crippen LogP contribution >= 0.6 is 11.6 Å². The zero-order valence-electron chi connectivity index (χ0n) is 15.6. The van der Waals surface area contributed by atoms with E-state index in [4.69, 9.17) is 16.0 Å². The number of rotatable bonds is 3. The summed E-state index contributed by atoms with van der Waals surface area (Å²) >= 11 is 6.00. The molecule has 2 aromatic carbocycles. The quantitative estimate of drug-likeness (QED) is 0.660. The summed E-state index contributed by atoms with van der Waals surface area (Å²) in [6, 6.07) is 14.0. The van der Waals surface area contributed by atoms with Gasteiger partial charge in [-0.2, -0.15) is 0 Å². The van der Waals surface area contributed by atoms with Gasteiger partial charge in [0.15, 0.2) is 0 Å². The zero-order chi connectivity index (χ0) is 19.7. The second-order valence-corrected chi connectivity index (χ2v) is 7.68. The monoisotopic (exact) mass is 396 g/mol. The van der Waals surface area contributed by atoms with Crippen molar-refractivity contribution in [3.8, 4) is 0 Å². The van der Waals surface area contributed by atoms with E-state index < -0.39 is 0 Å². The first-order valence-corrected chi connectivity index (χ1v) is 9.78. The number of halogens is 1. The van der Waals surface area contributed by atoms with E-state index in [9.17, 15) is 9.59 Å². The van der Waals surface area contributed by atoms with Crippen molar-refractivity contribution in [1.29, 1.82) is 0 Å². The van der Waals surface area contributed by atoms with Gasteiger partial charge < -0.3 is 14.6 Å². The van der Waals surface area contributed by atoms with Crippen molar-refractivity contribution in [3.05, 3.63) is 64.9 Å². The van der Waals surface area contributed by atoms with Gasteiger partial charge in [0, 0.05) is 29.1 Å².